The predicted octanol–water partition coefficient (Wildman–Crippen LogP) is 2.11. The van der Waals surface area contributed by atoms with Gasteiger partial charge in [-0.15, -0.1) is 0 Å². The first-order valence-corrected chi connectivity index (χ1v) is 5.18. The molecule has 0 saturated carbocycles. The van der Waals surface area contributed by atoms with Crippen molar-refractivity contribution >= 4 is 0 Å². The predicted molar refractivity (Wildman–Crippen MR) is 54.1 cm³/mol. The van der Waals surface area contributed by atoms with Gasteiger partial charge in [-0.05, 0) is 32.4 Å². The lowest BCUT2D eigenvalue weighted by atomic mass is 10.1. The van der Waals surface area contributed by atoms with Gasteiger partial charge < -0.3 is 14.5 Å². The Morgan fingerprint density at radius 3 is 3.00 bits per heavy atom. The molecule has 14 heavy (non-hydrogen) atoms. The molecule has 1 aliphatic heterocycles. The zero-order valence-electron chi connectivity index (χ0n) is 8.69. The van der Waals surface area contributed by atoms with Crippen LogP contribution in [-0.4, -0.2) is 18.8 Å². The lowest BCUT2D eigenvalue weighted by Gasteiger charge is -2.20. The summed E-state index contributed by atoms with van der Waals surface area (Å²) in [7, 11) is 0. The van der Waals surface area contributed by atoms with Gasteiger partial charge >= 0.3 is 0 Å². The zero-order chi connectivity index (χ0) is 9.97. The molecule has 0 bridgehead atoms. The summed E-state index contributed by atoms with van der Waals surface area (Å²) in [6, 6.07) is 4.63. The summed E-state index contributed by atoms with van der Waals surface area (Å²) < 4.78 is 10.8. The highest BCUT2D eigenvalue weighted by Crippen LogP contribution is 2.19. The third-order valence-electron chi connectivity index (χ3n) is 2.81. The average molecular weight is 195 g/mol. The van der Waals surface area contributed by atoms with Crippen molar-refractivity contribution in [1.82, 2.24) is 5.32 Å². The molecule has 78 valence electrons. The van der Waals surface area contributed by atoms with E-state index in [9.17, 15) is 0 Å². The third kappa shape index (κ3) is 1.99. The molecule has 0 aliphatic carbocycles. The number of furan rings is 1. The van der Waals surface area contributed by atoms with Gasteiger partial charge in [-0.3, -0.25) is 0 Å². The molecule has 1 aliphatic rings. The molecule has 3 unspecified atom stereocenters. The Kier molecular flexibility index (Phi) is 2.89. The second kappa shape index (κ2) is 4.15. The largest absolute Gasteiger partial charge is 0.468 e. The molecule has 1 aromatic heterocycles. The number of ether oxygens (including phenoxy) is 1. The highest BCUT2D eigenvalue weighted by atomic mass is 16.5. The monoisotopic (exact) mass is 195 g/mol. The molecule has 1 fully saturated rings. The Morgan fingerprint density at radius 1 is 1.57 bits per heavy atom. The van der Waals surface area contributed by atoms with Crippen LogP contribution in [0.1, 0.15) is 32.1 Å². The van der Waals surface area contributed by atoms with Gasteiger partial charge in [0.05, 0.1) is 18.4 Å². The first kappa shape index (κ1) is 9.74. The van der Waals surface area contributed by atoms with Crippen molar-refractivity contribution < 1.29 is 9.15 Å². The molecule has 2 rings (SSSR count). The maximum Gasteiger partial charge on any atom is 0.120 e. The Hall–Kier alpha value is -0.800. The quantitative estimate of drug-likeness (QED) is 0.802. The van der Waals surface area contributed by atoms with E-state index in [0.29, 0.717) is 12.1 Å². The topological polar surface area (TPSA) is 34.4 Å². The second-order valence-electron chi connectivity index (χ2n) is 3.87. The van der Waals surface area contributed by atoms with Crippen molar-refractivity contribution in [1.29, 1.82) is 0 Å². The van der Waals surface area contributed by atoms with Crippen molar-refractivity contribution in [3.8, 4) is 0 Å². The summed E-state index contributed by atoms with van der Waals surface area (Å²) in [5.41, 5.74) is 0. The van der Waals surface area contributed by atoms with Crippen molar-refractivity contribution in [2.45, 2.75) is 38.5 Å². The molecule has 3 nitrogen and oxygen atoms in total. The minimum absolute atomic E-state index is 0.263. The summed E-state index contributed by atoms with van der Waals surface area (Å²) in [5.74, 6) is 0.990. The van der Waals surface area contributed by atoms with Crippen LogP contribution >= 0.6 is 0 Å². The van der Waals surface area contributed by atoms with E-state index in [-0.39, 0.29) is 6.04 Å². The van der Waals surface area contributed by atoms with E-state index in [1.165, 1.54) is 0 Å². The molecular weight excluding hydrogens is 178 g/mol. The van der Waals surface area contributed by atoms with Gasteiger partial charge in [0, 0.05) is 12.6 Å². The van der Waals surface area contributed by atoms with Gasteiger partial charge in [-0.1, -0.05) is 0 Å². The summed E-state index contributed by atoms with van der Waals surface area (Å²) in [5, 5.41) is 3.51. The van der Waals surface area contributed by atoms with Gasteiger partial charge in [0.25, 0.3) is 0 Å². The summed E-state index contributed by atoms with van der Waals surface area (Å²) in [6.07, 6.45) is 3.11. The van der Waals surface area contributed by atoms with Gasteiger partial charge in [-0.2, -0.15) is 0 Å². The maximum absolute atomic E-state index is 5.49. The third-order valence-corrected chi connectivity index (χ3v) is 2.81. The van der Waals surface area contributed by atoms with E-state index in [1.54, 1.807) is 6.26 Å². The van der Waals surface area contributed by atoms with E-state index in [1.807, 2.05) is 12.1 Å². The Morgan fingerprint density at radius 2 is 2.43 bits per heavy atom. The molecule has 1 N–H and O–H groups in total. The van der Waals surface area contributed by atoms with Crippen LogP contribution in [0.2, 0.25) is 0 Å². The van der Waals surface area contributed by atoms with Gasteiger partial charge in [-0.25, -0.2) is 0 Å². The van der Waals surface area contributed by atoms with E-state index in [2.05, 4.69) is 19.2 Å². The molecule has 0 spiro atoms. The first-order valence-electron chi connectivity index (χ1n) is 5.18. The highest BCUT2D eigenvalue weighted by Gasteiger charge is 2.25. The summed E-state index contributed by atoms with van der Waals surface area (Å²) in [4.78, 5) is 0. The van der Waals surface area contributed by atoms with Gasteiger partial charge in [0.15, 0.2) is 0 Å². The molecule has 0 aromatic carbocycles. The van der Waals surface area contributed by atoms with Crippen molar-refractivity contribution in [2.24, 2.45) is 0 Å². The normalized spacial score (nSPS) is 29.3. The molecule has 0 amide bonds. The molecular formula is C11H17NO2. The van der Waals surface area contributed by atoms with Crippen LogP contribution < -0.4 is 5.32 Å². The van der Waals surface area contributed by atoms with Gasteiger partial charge in [0.2, 0.25) is 0 Å². The van der Waals surface area contributed by atoms with Gasteiger partial charge in [0.1, 0.15) is 5.76 Å². The standard InChI is InChI=1S/C11H17NO2/c1-8(11-4-3-6-14-11)12-10-5-7-13-9(10)2/h3-4,6,8-10,12H,5,7H2,1-2H3. The number of nitrogens with one attached hydrogen (secondary N) is 1. The van der Waals surface area contributed by atoms with Crippen LogP contribution in [0.5, 0.6) is 0 Å². The second-order valence-corrected chi connectivity index (χ2v) is 3.87. The fourth-order valence-corrected chi connectivity index (χ4v) is 1.89. The molecule has 3 atom stereocenters. The molecule has 3 heteroatoms. The molecule has 1 aromatic rings. The van der Waals surface area contributed by atoms with Crippen LogP contribution in [0.15, 0.2) is 22.8 Å². The van der Waals surface area contributed by atoms with E-state index in [4.69, 9.17) is 9.15 Å². The fraction of sp³-hybridized carbons (Fsp3) is 0.636. The van der Waals surface area contributed by atoms with Crippen molar-refractivity contribution in [3.63, 3.8) is 0 Å². The van der Waals surface area contributed by atoms with Crippen LogP contribution in [0, 0.1) is 0 Å². The summed E-state index contributed by atoms with van der Waals surface area (Å²) in [6.45, 7) is 5.09. The van der Waals surface area contributed by atoms with E-state index < -0.39 is 0 Å². The minimum atomic E-state index is 0.263. The summed E-state index contributed by atoms with van der Waals surface area (Å²) >= 11 is 0. The number of rotatable bonds is 3. The van der Waals surface area contributed by atoms with Crippen molar-refractivity contribution in [3.05, 3.63) is 24.2 Å². The number of hydrogen-bond donors (Lipinski definition) is 1. The smallest absolute Gasteiger partial charge is 0.120 e. The van der Waals surface area contributed by atoms with E-state index >= 15 is 0 Å². The lowest BCUT2D eigenvalue weighted by Crippen LogP contribution is -2.36. The molecule has 0 radical (unpaired) electrons. The van der Waals surface area contributed by atoms with Crippen molar-refractivity contribution in [2.75, 3.05) is 6.61 Å². The SMILES string of the molecule is CC(NC1CCOC1C)c1ccco1. The number of hydrogen-bond acceptors (Lipinski definition) is 3. The van der Waals surface area contributed by atoms with Crippen LogP contribution in [0.25, 0.3) is 0 Å². The van der Waals surface area contributed by atoms with Crippen LogP contribution in [0.3, 0.4) is 0 Å². The maximum atomic E-state index is 5.49. The highest BCUT2D eigenvalue weighted by molar-refractivity contribution is 5.03. The van der Waals surface area contributed by atoms with Crippen LogP contribution in [0.4, 0.5) is 0 Å². The van der Waals surface area contributed by atoms with E-state index in [0.717, 1.165) is 18.8 Å². The Balaban J connectivity index is 1.91. The average Bonchev–Trinajstić information content (AvgIpc) is 2.77. The first-order chi connectivity index (χ1) is 6.77. The Bertz CT molecular complexity index is 271. The van der Waals surface area contributed by atoms with Crippen LogP contribution in [-0.2, 0) is 4.74 Å². The Labute approximate surface area is 84.4 Å². The minimum Gasteiger partial charge on any atom is -0.468 e. The molecule has 1 saturated heterocycles. The lowest BCUT2D eigenvalue weighted by molar-refractivity contribution is 0.110. The fourth-order valence-electron chi connectivity index (χ4n) is 1.89. The molecule has 2 heterocycles. The zero-order valence-corrected chi connectivity index (χ0v) is 8.69.